The Morgan fingerprint density at radius 1 is 1.40 bits per heavy atom. The van der Waals surface area contributed by atoms with E-state index in [0.717, 1.165) is 24.8 Å². The molecule has 0 radical (unpaired) electrons. The van der Waals surface area contributed by atoms with Gasteiger partial charge in [-0.2, -0.15) is 5.26 Å². The number of hydrogen-bond acceptors (Lipinski definition) is 2. The van der Waals surface area contributed by atoms with Gasteiger partial charge in [0.1, 0.15) is 10.7 Å². The Morgan fingerprint density at radius 2 is 2.15 bits per heavy atom. The summed E-state index contributed by atoms with van der Waals surface area (Å²) in [6.45, 7) is 4.13. The number of nitrogens with zero attached hydrogens (tertiary/aromatic N) is 1. The van der Waals surface area contributed by atoms with Crippen LogP contribution in [0.4, 0.5) is 0 Å². The fourth-order valence-electron chi connectivity index (χ4n) is 2.83. The van der Waals surface area contributed by atoms with E-state index in [4.69, 9.17) is 12.2 Å². The van der Waals surface area contributed by atoms with E-state index in [0.29, 0.717) is 10.2 Å². The first-order valence-corrected chi connectivity index (χ1v) is 7.64. The molecular weight excluding hydrogens is 264 g/mol. The number of nitriles is 1. The lowest BCUT2D eigenvalue weighted by atomic mass is 9.86. The van der Waals surface area contributed by atoms with Crippen LogP contribution < -0.4 is 0 Å². The highest BCUT2D eigenvalue weighted by molar-refractivity contribution is 7.71. The Kier molecular flexibility index (Phi) is 4.92. The van der Waals surface area contributed by atoms with Gasteiger partial charge in [0.2, 0.25) is 0 Å². The summed E-state index contributed by atoms with van der Waals surface area (Å²) in [4.78, 5) is 3.27. The van der Waals surface area contributed by atoms with E-state index in [1.807, 2.05) is 19.1 Å². The van der Waals surface area contributed by atoms with Crippen LogP contribution in [0.5, 0.6) is 0 Å². The number of rotatable bonds is 3. The van der Waals surface area contributed by atoms with Crippen molar-refractivity contribution in [3.05, 3.63) is 45.3 Å². The number of aromatic amines is 1. The normalized spacial score (nSPS) is 15.2. The molecule has 0 unspecified atom stereocenters. The molecule has 20 heavy (non-hydrogen) atoms. The van der Waals surface area contributed by atoms with Gasteiger partial charge in [0, 0.05) is 11.3 Å². The van der Waals surface area contributed by atoms with Gasteiger partial charge < -0.3 is 4.98 Å². The van der Waals surface area contributed by atoms with Crippen LogP contribution in [0.15, 0.2) is 18.2 Å². The van der Waals surface area contributed by atoms with Gasteiger partial charge in [0.05, 0.1) is 5.56 Å². The molecule has 0 saturated carbocycles. The Morgan fingerprint density at radius 3 is 2.80 bits per heavy atom. The first-order valence-electron chi connectivity index (χ1n) is 7.23. The van der Waals surface area contributed by atoms with Gasteiger partial charge in [-0.1, -0.05) is 37.4 Å². The fraction of sp³-hybridized carbons (Fsp3) is 0.412. The van der Waals surface area contributed by atoms with Crippen molar-refractivity contribution < 1.29 is 0 Å². The van der Waals surface area contributed by atoms with E-state index in [9.17, 15) is 5.26 Å². The van der Waals surface area contributed by atoms with Gasteiger partial charge in [0.15, 0.2) is 0 Å². The molecule has 2 nitrogen and oxygen atoms in total. The quantitative estimate of drug-likeness (QED) is 0.635. The smallest absolute Gasteiger partial charge is 0.122 e. The maximum atomic E-state index is 9.49. The third-order valence-electron chi connectivity index (χ3n) is 3.81. The second kappa shape index (κ2) is 6.67. The number of aryl methyl sites for hydroxylation is 1. The Labute approximate surface area is 125 Å². The average Bonchev–Trinajstić information content (AvgIpc) is 2.47. The van der Waals surface area contributed by atoms with Crippen molar-refractivity contribution in [1.29, 1.82) is 5.26 Å². The van der Waals surface area contributed by atoms with E-state index < -0.39 is 0 Å². The van der Waals surface area contributed by atoms with Crippen molar-refractivity contribution in [2.75, 3.05) is 0 Å². The molecule has 1 N–H and O–H groups in total. The molecular formula is C17H20N2S. The minimum atomic E-state index is 0.586. The minimum Gasteiger partial charge on any atom is -0.349 e. The molecule has 0 spiro atoms. The number of aromatic nitrogens is 1. The zero-order chi connectivity index (χ0) is 14.5. The maximum absolute atomic E-state index is 9.49. The van der Waals surface area contributed by atoms with Gasteiger partial charge in [-0.25, -0.2) is 0 Å². The summed E-state index contributed by atoms with van der Waals surface area (Å²) in [7, 11) is 0. The van der Waals surface area contributed by atoms with Crippen LogP contribution in [-0.4, -0.2) is 4.98 Å². The summed E-state index contributed by atoms with van der Waals surface area (Å²) in [6, 6.07) is 2.30. The van der Waals surface area contributed by atoms with Crippen LogP contribution in [0.3, 0.4) is 0 Å². The van der Waals surface area contributed by atoms with Crippen LogP contribution in [0.2, 0.25) is 0 Å². The van der Waals surface area contributed by atoms with E-state index in [1.165, 1.54) is 29.7 Å². The number of H-pyrrole nitrogens is 1. The zero-order valence-electron chi connectivity index (χ0n) is 12.1. The highest BCUT2D eigenvalue weighted by atomic mass is 32.1. The van der Waals surface area contributed by atoms with Gasteiger partial charge >= 0.3 is 0 Å². The van der Waals surface area contributed by atoms with E-state index >= 15 is 0 Å². The molecule has 1 heterocycles. The van der Waals surface area contributed by atoms with Crippen molar-refractivity contribution in [2.45, 2.75) is 46.0 Å². The maximum Gasteiger partial charge on any atom is 0.122 e. The van der Waals surface area contributed by atoms with Gasteiger partial charge in [-0.15, -0.1) is 0 Å². The van der Waals surface area contributed by atoms with Crippen molar-refractivity contribution in [1.82, 2.24) is 4.98 Å². The molecule has 1 aliphatic carbocycles. The van der Waals surface area contributed by atoms with E-state index in [2.05, 4.69) is 24.1 Å². The lowest BCUT2D eigenvalue weighted by molar-refractivity contribution is 0.664. The second-order valence-electron chi connectivity index (χ2n) is 5.05. The molecule has 0 amide bonds. The Bertz CT molecular complexity index is 657. The highest BCUT2D eigenvalue weighted by Gasteiger charge is 2.20. The molecule has 1 aromatic heterocycles. The summed E-state index contributed by atoms with van der Waals surface area (Å²) in [5, 5.41) is 9.49. The molecule has 3 heteroatoms. The van der Waals surface area contributed by atoms with Crippen LogP contribution in [0, 0.1) is 16.0 Å². The molecule has 0 fully saturated rings. The molecule has 1 aliphatic rings. The monoisotopic (exact) mass is 284 g/mol. The topological polar surface area (TPSA) is 39.6 Å². The van der Waals surface area contributed by atoms with Gasteiger partial charge in [-0.05, 0) is 50.2 Å². The van der Waals surface area contributed by atoms with E-state index in [1.54, 1.807) is 0 Å². The third-order valence-corrected chi connectivity index (χ3v) is 4.12. The highest BCUT2D eigenvalue weighted by Crippen LogP contribution is 2.32. The first-order chi connectivity index (χ1) is 9.72. The summed E-state index contributed by atoms with van der Waals surface area (Å²) in [6.07, 6.45) is 11.5. The summed E-state index contributed by atoms with van der Waals surface area (Å²) >= 11 is 5.38. The fourth-order valence-corrected chi connectivity index (χ4v) is 3.11. The van der Waals surface area contributed by atoms with Crippen molar-refractivity contribution >= 4 is 17.8 Å². The first kappa shape index (κ1) is 14.7. The molecule has 1 aromatic rings. The Hall–Kier alpha value is -1.66. The number of allylic oxidation sites excluding steroid dienone is 4. The number of nitrogens with one attached hydrogen (secondary N) is 1. The van der Waals surface area contributed by atoms with Crippen LogP contribution in [0.25, 0.3) is 5.57 Å². The Balaban J connectivity index is 2.75. The number of hydrogen-bond donors (Lipinski definition) is 1. The summed E-state index contributed by atoms with van der Waals surface area (Å²) in [5.74, 6) is 0. The largest absolute Gasteiger partial charge is 0.349 e. The molecule has 2 rings (SSSR count). The summed E-state index contributed by atoms with van der Waals surface area (Å²) in [5.41, 5.74) is 5.47. The van der Waals surface area contributed by atoms with Crippen molar-refractivity contribution in [3.8, 4) is 6.07 Å². The summed E-state index contributed by atoms with van der Waals surface area (Å²) < 4.78 is 0.586. The second-order valence-corrected chi connectivity index (χ2v) is 5.46. The molecule has 0 aromatic carbocycles. The van der Waals surface area contributed by atoms with E-state index in [-0.39, 0.29) is 0 Å². The zero-order valence-corrected chi connectivity index (χ0v) is 12.9. The number of pyridine rings is 1. The molecule has 0 atom stereocenters. The average molecular weight is 284 g/mol. The molecule has 104 valence electrons. The standard InChI is InChI=1S/C17H20N2S/c1-3-5-8-12(4-2)16-13-9-6-7-10-15(13)19-17(20)14(16)11-18/h3,5,8H,4,6-7,9-10H2,1-2H3,(H,19,20)/b5-3-,12-8+. The lowest BCUT2D eigenvalue weighted by Gasteiger charge is -2.21. The van der Waals surface area contributed by atoms with Gasteiger partial charge in [-0.3, -0.25) is 0 Å². The molecule has 0 bridgehead atoms. The lowest BCUT2D eigenvalue weighted by Crippen LogP contribution is -2.11. The van der Waals surface area contributed by atoms with Crippen LogP contribution in [-0.2, 0) is 12.8 Å². The van der Waals surface area contributed by atoms with Crippen LogP contribution in [0.1, 0.15) is 55.5 Å². The SMILES string of the molecule is C/C=C\C=C(/CC)c1c2c([nH]c(=S)c1C#N)CCCC2. The predicted molar refractivity (Wildman–Crippen MR) is 86.1 cm³/mol. The van der Waals surface area contributed by atoms with Crippen molar-refractivity contribution in [2.24, 2.45) is 0 Å². The molecule has 0 saturated heterocycles. The van der Waals surface area contributed by atoms with Gasteiger partial charge in [0.25, 0.3) is 0 Å². The number of fused-ring (bicyclic) bond motifs is 1. The minimum absolute atomic E-state index is 0.586. The van der Waals surface area contributed by atoms with Crippen molar-refractivity contribution in [3.63, 3.8) is 0 Å². The third kappa shape index (κ3) is 2.76. The van der Waals surface area contributed by atoms with Crippen LogP contribution >= 0.6 is 12.2 Å². The predicted octanol–water partition coefficient (Wildman–Crippen LogP) is 4.86. The molecule has 0 aliphatic heterocycles.